The lowest BCUT2D eigenvalue weighted by Crippen LogP contribution is -2.34. The van der Waals surface area contributed by atoms with Gasteiger partial charge in [0.2, 0.25) is 17.7 Å². The van der Waals surface area contributed by atoms with Gasteiger partial charge in [0.15, 0.2) is 0 Å². The summed E-state index contributed by atoms with van der Waals surface area (Å²) in [5.74, 6) is -0.404. The van der Waals surface area contributed by atoms with Gasteiger partial charge in [-0.1, -0.05) is 0 Å². The molecule has 0 radical (unpaired) electrons. The number of hydrogen-bond donors (Lipinski definition) is 2. The zero-order valence-corrected chi connectivity index (χ0v) is 11.5. The summed E-state index contributed by atoms with van der Waals surface area (Å²) in [6, 6.07) is 6.88. The second-order valence-electron chi connectivity index (χ2n) is 5.55. The van der Waals surface area contributed by atoms with Crippen LogP contribution in [0.25, 0.3) is 0 Å². The van der Waals surface area contributed by atoms with E-state index >= 15 is 0 Å². The summed E-state index contributed by atoms with van der Waals surface area (Å²) in [6.45, 7) is 0.333. The summed E-state index contributed by atoms with van der Waals surface area (Å²) in [5.41, 5.74) is 6.89. The molecule has 21 heavy (non-hydrogen) atoms. The Labute approximate surface area is 122 Å². The first-order valence-electron chi connectivity index (χ1n) is 7.07. The smallest absolute Gasteiger partial charge is 0.233 e. The van der Waals surface area contributed by atoms with E-state index in [4.69, 9.17) is 5.73 Å². The number of carbonyl (C=O) groups excluding carboxylic acids is 3. The number of nitrogens with zero attached hydrogens (tertiary/aromatic N) is 1. The molecule has 1 aliphatic carbocycles. The summed E-state index contributed by atoms with van der Waals surface area (Å²) < 4.78 is 0. The largest absolute Gasteiger partial charge is 0.399 e. The molecule has 1 saturated heterocycles. The molecule has 2 atom stereocenters. The van der Waals surface area contributed by atoms with E-state index in [-0.39, 0.29) is 36.0 Å². The fraction of sp³-hybridized carbons (Fsp3) is 0.400. The van der Waals surface area contributed by atoms with E-state index in [2.05, 4.69) is 5.32 Å². The van der Waals surface area contributed by atoms with Crippen molar-refractivity contribution in [1.29, 1.82) is 0 Å². The lowest BCUT2D eigenvalue weighted by molar-refractivity contribution is -0.141. The fourth-order valence-electron chi connectivity index (χ4n) is 2.66. The SMILES string of the molecule is Nc1ccc(NC(=O)CCCN2C(=O)C3CC3C2=O)cc1. The number of nitrogen functional groups attached to an aromatic ring is 1. The molecular formula is C15H17N3O3. The van der Waals surface area contributed by atoms with Gasteiger partial charge in [-0.25, -0.2) is 0 Å². The number of anilines is 2. The normalized spacial score (nSPS) is 23.1. The highest BCUT2D eigenvalue weighted by Gasteiger charge is 2.58. The van der Waals surface area contributed by atoms with Gasteiger partial charge in [0.1, 0.15) is 0 Å². The third-order valence-electron chi connectivity index (χ3n) is 3.94. The summed E-state index contributed by atoms with van der Waals surface area (Å²) >= 11 is 0. The summed E-state index contributed by atoms with van der Waals surface area (Å²) in [5, 5.41) is 2.75. The minimum atomic E-state index is -0.135. The summed E-state index contributed by atoms with van der Waals surface area (Å²) in [7, 11) is 0. The van der Waals surface area contributed by atoms with Crippen LogP contribution in [0, 0.1) is 11.8 Å². The molecule has 6 heteroatoms. The molecule has 1 heterocycles. The number of likely N-dealkylation sites (tertiary alicyclic amines) is 1. The molecule has 0 aromatic heterocycles. The van der Waals surface area contributed by atoms with Crippen LogP contribution in [0.5, 0.6) is 0 Å². The van der Waals surface area contributed by atoms with Gasteiger partial charge in [-0.2, -0.15) is 0 Å². The molecule has 3 rings (SSSR count). The molecule has 1 aromatic carbocycles. The average molecular weight is 287 g/mol. The highest BCUT2D eigenvalue weighted by Crippen LogP contribution is 2.46. The minimum Gasteiger partial charge on any atom is -0.399 e. The van der Waals surface area contributed by atoms with Crippen molar-refractivity contribution in [2.45, 2.75) is 19.3 Å². The van der Waals surface area contributed by atoms with Crippen LogP contribution in [0.2, 0.25) is 0 Å². The molecule has 2 aliphatic rings. The number of nitrogens with one attached hydrogen (secondary N) is 1. The number of imide groups is 1. The summed E-state index contributed by atoms with van der Waals surface area (Å²) in [4.78, 5) is 36.6. The van der Waals surface area contributed by atoms with Gasteiger partial charge in [-0.3, -0.25) is 19.3 Å². The number of hydrogen-bond acceptors (Lipinski definition) is 4. The van der Waals surface area contributed by atoms with Crippen molar-refractivity contribution in [1.82, 2.24) is 4.90 Å². The molecule has 3 amide bonds. The van der Waals surface area contributed by atoms with E-state index in [9.17, 15) is 14.4 Å². The van der Waals surface area contributed by atoms with Gasteiger partial charge < -0.3 is 11.1 Å². The highest BCUT2D eigenvalue weighted by atomic mass is 16.2. The Morgan fingerprint density at radius 1 is 1.19 bits per heavy atom. The van der Waals surface area contributed by atoms with Crippen LogP contribution < -0.4 is 11.1 Å². The van der Waals surface area contributed by atoms with Gasteiger partial charge in [0.25, 0.3) is 0 Å². The van der Waals surface area contributed by atoms with Crippen molar-refractivity contribution in [2.75, 3.05) is 17.6 Å². The molecule has 0 bridgehead atoms. The zero-order valence-electron chi connectivity index (χ0n) is 11.5. The summed E-state index contributed by atoms with van der Waals surface area (Å²) in [6.07, 6.45) is 1.47. The van der Waals surface area contributed by atoms with Crippen LogP contribution >= 0.6 is 0 Å². The third kappa shape index (κ3) is 2.74. The fourth-order valence-corrected chi connectivity index (χ4v) is 2.66. The number of rotatable bonds is 5. The molecule has 110 valence electrons. The molecule has 2 fully saturated rings. The number of nitrogens with two attached hydrogens (primary N) is 1. The maximum Gasteiger partial charge on any atom is 0.233 e. The quantitative estimate of drug-likeness (QED) is 0.624. The lowest BCUT2D eigenvalue weighted by Gasteiger charge is -2.15. The van der Waals surface area contributed by atoms with Crippen molar-refractivity contribution in [3.05, 3.63) is 24.3 Å². The number of fused-ring (bicyclic) bond motifs is 1. The Morgan fingerprint density at radius 3 is 2.43 bits per heavy atom. The number of amides is 3. The van der Waals surface area contributed by atoms with Crippen LogP contribution in [0.1, 0.15) is 19.3 Å². The first-order valence-corrected chi connectivity index (χ1v) is 7.07. The van der Waals surface area contributed by atoms with Crippen molar-refractivity contribution in [2.24, 2.45) is 11.8 Å². The van der Waals surface area contributed by atoms with E-state index in [0.717, 1.165) is 0 Å². The lowest BCUT2D eigenvalue weighted by atomic mass is 10.2. The maximum atomic E-state index is 11.8. The first-order chi connectivity index (χ1) is 10.1. The molecule has 1 saturated carbocycles. The maximum absolute atomic E-state index is 11.8. The van der Waals surface area contributed by atoms with Crippen LogP contribution in [0.4, 0.5) is 11.4 Å². The third-order valence-corrected chi connectivity index (χ3v) is 3.94. The number of benzene rings is 1. The Hall–Kier alpha value is -2.37. The van der Waals surface area contributed by atoms with Crippen LogP contribution in [0.15, 0.2) is 24.3 Å². The zero-order chi connectivity index (χ0) is 15.0. The predicted octanol–water partition coefficient (Wildman–Crippen LogP) is 0.992. The molecule has 2 unspecified atom stereocenters. The second-order valence-corrected chi connectivity index (χ2v) is 5.55. The van der Waals surface area contributed by atoms with Gasteiger partial charge in [-0.05, 0) is 37.1 Å². The average Bonchev–Trinajstić information content (AvgIpc) is 3.21. The minimum absolute atomic E-state index is 0.0658. The topological polar surface area (TPSA) is 92.5 Å². The standard InChI is InChI=1S/C15H17N3O3/c16-9-3-5-10(6-4-9)17-13(19)2-1-7-18-14(20)11-8-12(11)15(18)21/h3-6,11-12H,1-2,7-8,16H2,(H,17,19). The molecule has 6 nitrogen and oxygen atoms in total. The predicted molar refractivity (Wildman–Crippen MR) is 77.0 cm³/mol. The Morgan fingerprint density at radius 2 is 1.81 bits per heavy atom. The molecule has 0 spiro atoms. The molecular weight excluding hydrogens is 270 g/mol. The highest BCUT2D eigenvalue weighted by molar-refractivity contribution is 6.08. The van der Waals surface area contributed by atoms with Gasteiger partial charge in [0.05, 0.1) is 11.8 Å². The van der Waals surface area contributed by atoms with Crippen molar-refractivity contribution >= 4 is 29.1 Å². The van der Waals surface area contributed by atoms with E-state index in [1.165, 1.54) is 4.90 Å². The van der Waals surface area contributed by atoms with Gasteiger partial charge in [0, 0.05) is 24.3 Å². The molecule has 1 aromatic rings. The molecule has 3 N–H and O–H groups in total. The van der Waals surface area contributed by atoms with E-state index in [0.29, 0.717) is 30.8 Å². The van der Waals surface area contributed by atoms with Crippen LogP contribution in [-0.4, -0.2) is 29.2 Å². The van der Waals surface area contributed by atoms with Crippen LogP contribution in [-0.2, 0) is 14.4 Å². The van der Waals surface area contributed by atoms with E-state index in [1.54, 1.807) is 24.3 Å². The number of piperidine rings is 1. The van der Waals surface area contributed by atoms with Crippen molar-refractivity contribution in [3.63, 3.8) is 0 Å². The first kappa shape index (κ1) is 13.6. The monoisotopic (exact) mass is 287 g/mol. The van der Waals surface area contributed by atoms with Crippen LogP contribution in [0.3, 0.4) is 0 Å². The number of carbonyl (C=O) groups is 3. The van der Waals surface area contributed by atoms with Gasteiger partial charge in [-0.15, -0.1) is 0 Å². The Bertz CT molecular complexity index is 577. The second kappa shape index (κ2) is 5.20. The van der Waals surface area contributed by atoms with E-state index < -0.39 is 0 Å². The van der Waals surface area contributed by atoms with Crippen molar-refractivity contribution < 1.29 is 14.4 Å². The van der Waals surface area contributed by atoms with Gasteiger partial charge >= 0.3 is 0 Å². The van der Waals surface area contributed by atoms with Crippen molar-refractivity contribution in [3.8, 4) is 0 Å². The Kier molecular flexibility index (Phi) is 3.37. The molecule has 1 aliphatic heterocycles. The van der Waals surface area contributed by atoms with E-state index in [1.807, 2.05) is 0 Å². The Balaban J connectivity index is 1.43.